The maximum atomic E-state index is 12.9. The van der Waals surface area contributed by atoms with Crippen molar-refractivity contribution in [3.05, 3.63) is 28.8 Å². The number of benzene rings is 1. The Bertz CT molecular complexity index is 649. The number of aliphatic hydroxyl groups excluding tert-OH is 1. The van der Waals surface area contributed by atoms with Crippen molar-refractivity contribution in [3.8, 4) is 0 Å². The lowest BCUT2D eigenvalue weighted by Gasteiger charge is -2.34. The van der Waals surface area contributed by atoms with Gasteiger partial charge < -0.3 is 20.7 Å². The summed E-state index contributed by atoms with van der Waals surface area (Å²) in [5, 5.41) is 17.8. The van der Waals surface area contributed by atoms with Crippen LogP contribution in [0.4, 0.5) is 5.69 Å². The number of hydrazone groups is 1. The molecule has 0 saturated carbocycles. The van der Waals surface area contributed by atoms with E-state index < -0.39 is 6.10 Å². The first-order chi connectivity index (χ1) is 11.0. The number of fused-ring (bicyclic) bond motifs is 3. The standard InChI is InChI=1S/C16H21ClN4O2/c1-9-14-15(20-19-9)12-7-10(17)3-4-13(12)21(16(14)23)6-5-11(22)8-18-2/h3-4,7,9,11,14,18-19,22H,5-6,8H2,1-2H3. The lowest BCUT2D eigenvalue weighted by Crippen LogP contribution is -2.49. The van der Waals surface area contributed by atoms with Gasteiger partial charge in [-0.05, 0) is 38.6 Å². The van der Waals surface area contributed by atoms with E-state index in [1.54, 1.807) is 18.0 Å². The van der Waals surface area contributed by atoms with Crippen LogP contribution in [-0.2, 0) is 4.79 Å². The van der Waals surface area contributed by atoms with E-state index in [2.05, 4.69) is 15.8 Å². The minimum Gasteiger partial charge on any atom is -0.392 e. The number of hydrogen-bond donors (Lipinski definition) is 3. The summed E-state index contributed by atoms with van der Waals surface area (Å²) in [5.41, 5.74) is 5.45. The Morgan fingerprint density at radius 1 is 1.52 bits per heavy atom. The molecule has 0 aliphatic carbocycles. The van der Waals surface area contributed by atoms with E-state index in [4.69, 9.17) is 11.6 Å². The van der Waals surface area contributed by atoms with E-state index in [1.165, 1.54) is 0 Å². The molecule has 2 aliphatic rings. The van der Waals surface area contributed by atoms with Crippen LogP contribution in [0.2, 0.25) is 5.02 Å². The molecule has 7 heteroatoms. The van der Waals surface area contributed by atoms with E-state index in [9.17, 15) is 9.90 Å². The van der Waals surface area contributed by atoms with E-state index in [-0.39, 0.29) is 17.9 Å². The summed E-state index contributed by atoms with van der Waals surface area (Å²) < 4.78 is 0. The molecule has 23 heavy (non-hydrogen) atoms. The lowest BCUT2D eigenvalue weighted by atomic mass is 9.86. The number of carbonyl (C=O) groups excluding carboxylic acids is 1. The SMILES string of the molecule is CNCC(O)CCN1C(=O)C2C(=NNC2C)c2cc(Cl)ccc21. The Morgan fingerprint density at radius 2 is 2.30 bits per heavy atom. The Hall–Kier alpha value is -1.63. The molecule has 0 saturated heterocycles. The molecule has 3 atom stereocenters. The van der Waals surface area contributed by atoms with Gasteiger partial charge in [0.05, 0.1) is 23.5 Å². The highest BCUT2D eigenvalue weighted by Gasteiger charge is 2.43. The average Bonchev–Trinajstić information content (AvgIpc) is 2.90. The van der Waals surface area contributed by atoms with Crippen molar-refractivity contribution >= 4 is 28.9 Å². The summed E-state index contributed by atoms with van der Waals surface area (Å²) in [6.07, 6.45) is 0.0214. The monoisotopic (exact) mass is 336 g/mol. The predicted octanol–water partition coefficient (Wildman–Crippen LogP) is 0.969. The van der Waals surface area contributed by atoms with E-state index >= 15 is 0 Å². The molecule has 0 fully saturated rings. The topological polar surface area (TPSA) is 77.0 Å². The zero-order valence-corrected chi connectivity index (χ0v) is 14.0. The molecule has 6 nitrogen and oxygen atoms in total. The third-order valence-electron chi connectivity index (χ3n) is 4.37. The van der Waals surface area contributed by atoms with Crippen molar-refractivity contribution in [1.82, 2.24) is 10.7 Å². The highest BCUT2D eigenvalue weighted by Crippen LogP contribution is 2.36. The molecule has 2 aliphatic heterocycles. The molecule has 3 rings (SSSR count). The Labute approximate surface area is 140 Å². The van der Waals surface area contributed by atoms with Crippen LogP contribution in [0.15, 0.2) is 23.3 Å². The van der Waals surface area contributed by atoms with Crippen molar-refractivity contribution < 1.29 is 9.90 Å². The maximum absolute atomic E-state index is 12.9. The fraction of sp³-hybridized carbons (Fsp3) is 0.500. The van der Waals surface area contributed by atoms with Gasteiger partial charge in [-0.15, -0.1) is 0 Å². The number of carbonyl (C=O) groups is 1. The van der Waals surface area contributed by atoms with Gasteiger partial charge in [0.15, 0.2) is 0 Å². The van der Waals surface area contributed by atoms with Crippen LogP contribution in [-0.4, -0.2) is 49.0 Å². The number of halogens is 1. The zero-order valence-electron chi connectivity index (χ0n) is 13.2. The van der Waals surface area contributed by atoms with Gasteiger partial charge in [0.1, 0.15) is 5.92 Å². The third kappa shape index (κ3) is 2.94. The largest absolute Gasteiger partial charge is 0.392 e. The molecule has 0 bridgehead atoms. The summed E-state index contributed by atoms with van der Waals surface area (Å²) in [7, 11) is 1.79. The van der Waals surface area contributed by atoms with Crippen molar-refractivity contribution in [2.24, 2.45) is 11.0 Å². The molecule has 0 spiro atoms. The predicted molar refractivity (Wildman–Crippen MR) is 91.0 cm³/mol. The van der Waals surface area contributed by atoms with Crippen LogP contribution < -0.4 is 15.6 Å². The van der Waals surface area contributed by atoms with Crippen molar-refractivity contribution in [2.45, 2.75) is 25.5 Å². The first-order valence-corrected chi connectivity index (χ1v) is 8.17. The first kappa shape index (κ1) is 16.2. The summed E-state index contributed by atoms with van der Waals surface area (Å²) in [6.45, 7) is 2.92. The van der Waals surface area contributed by atoms with Gasteiger partial charge in [0, 0.05) is 23.7 Å². The molecule has 1 aromatic carbocycles. The average molecular weight is 337 g/mol. The number of anilines is 1. The number of amides is 1. The summed E-state index contributed by atoms with van der Waals surface area (Å²) in [4.78, 5) is 14.7. The van der Waals surface area contributed by atoms with Gasteiger partial charge in [0.2, 0.25) is 5.91 Å². The maximum Gasteiger partial charge on any atom is 0.238 e. The van der Waals surface area contributed by atoms with Crippen LogP contribution in [0.3, 0.4) is 0 Å². The highest BCUT2D eigenvalue weighted by molar-refractivity contribution is 6.32. The van der Waals surface area contributed by atoms with Crippen molar-refractivity contribution in [3.63, 3.8) is 0 Å². The molecular weight excluding hydrogens is 316 g/mol. The quantitative estimate of drug-likeness (QED) is 0.749. The Kier molecular flexibility index (Phi) is 4.57. The second-order valence-electron chi connectivity index (χ2n) is 6.04. The Balaban J connectivity index is 1.92. The molecule has 2 heterocycles. The second-order valence-corrected chi connectivity index (χ2v) is 6.48. The van der Waals surface area contributed by atoms with E-state index in [1.807, 2.05) is 19.1 Å². The van der Waals surface area contributed by atoms with Crippen molar-refractivity contribution in [2.75, 3.05) is 25.0 Å². The fourth-order valence-electron chi connectivity index (χ4n) is 3.19. The fourth-order valence-corrected chi connectivity index (χ4v) is 3.36. The van der Waals surface area contributed by atoms with Crippen LogP contribution in [0.1, 0.15) is 18.9 Å². The molecule has 124 valence electrons. The van der Waals surface area contributed by atoms with E-state index in [0.29, 0.717) is 24.5 Å². The number of aliphatic hydroxyl groups is 1. The molecule has 0 aromatic heterocycles. The minimum atomic E-state index is -0.488. The summed E-state index contributed by atoms with van der Waals surface area (Å²) >= 11 is 6.13. The molecule has 1 amide bonds. The molecule has 1 aromatic rings. The summed E-state index contributed by atoms with van der Waals surface area (Å²) in [6, 6.07) is 5.43. The molecule has 0 radical (unpaired) electrons. The second kappa shape index (κ2) is 6.47. The molecule has 3 unspecified atom stereocenters. The normalized spacial score (nSPS) is 23.9. The highest BCUT2D eigenvalue weighted by atomic mass is 35.5. The lowest BCUT2D eigenvalue weighted by molar-refractivity contribution is -0.121. The van der Waals surface area contributed by atoms with Crippen molar-refractivity contribution in [1.29, 1.82) is 0 Å². The van der Waals surface area contributed by atoms with Gasteiger partial charge >= 0.3 is 0 Å². The van der Waals surface area contributed by atoms with Gasteiger partial charge in [-0.3, -0.25) is 4.79 Å². The number of likely N-dealkylation sites (N-methyl/N-ethyl adjacent to an activating group) is 1. The zero-order chi connectivity index (χ0) is 16.6. The van der Waals surface area contributed by atoms with Crippen LogP contribution in [0.5, 0.6) is 0 Å². The van der Waals surface area contributed by atoms with E-state index in [0.717, 1.165) is 17.0 Å². The molecular formula is C16H21ClN4O2. The number of nitrogens with one attached hydrogen (secondary N) is 2. The minimum absolute atomic E-state index is 0.0210. The van der Waals surface area contributed by atoms with Crippen LogP contribution in [0, 0.1) is 5.92 Å². The van der Waals surface area contributed by atoms with Gasteiger partial charge in [-0.1, -0.05) is 11.6 Å². The van der Waals surface area contributed by atoms with Gasteiger partial charge in [-0.2, -0.15) is 5.10 Å². The number of rotatable bonds is 5. The van der Waals surface area contributed by atoms with Gasteiger partial charge in [-0.25, -0.2) is 0 Å². The summed E-state index contributed by atoms with van der Waals surface area (Å²) in [5.74, 6) is -0.282. The molecule has 3 N–H and O–H groups in total. The third-order valence-corrected chi connectivity index (χ3v) is 4.60. The van der Waals surface area contributed by atoms with Gasteiger partial charge in [0.25, 0.3) is 0 Å². The smallest absolute Gasteiger partial charge is 0.238 e. The number of nitrogens with zero attached hydrogens (tertiary/aromatic N) is 2. The number of hydrogen-bond acceptors (Lipinski definition) is 5. The van der Waals surface area contributed by atoms with Crippen LogP contribution >= 0.6 is 11.6 Å². The first-order valence-electron chi connectivity index (χ1n) is 7.80. The van der Waals surface area contributed by atoms with Crippen LogP contribution in [0.25, 0.3) is 0 Å². The Morgan fingerprint density at radius 3 is 3.04 bits per heavy atom.